The molecule has 2 N–H and O–H groups in total. The number of hydrogen-bond acceptors (Lipinski definition) is 3. The van der Waals surface area contributed by atoms with Crippen molar-refractivity contribution < 1.29 is 15.0 Å². The van der Waals surface area contributed by atoms with E-state index in [1.165, 1.54) is 6.07 Å². The highest BCUT2D eigenvalue weighted by Crippen LogP contribution is 2.16. The molecule has 0 atom stereocenters. The van der Waals surface area contributed by atoms with Crippen LogP contribution in [-0.2, 0) is 6.61 Å². The SMILES string of the molecule is Cc1cc(CO)cc(C(=O)O)c1C#N. The van der Waals surface area contributed by atoms with Crippen LogP contribution in [0.5, 0.6) is 0 Å². The monoisotopic (exact) mass is 191 g/mol. The van der Waals surface area contributed by atoms with E-state index >= 15 is 0 Å². The lowest BCUT2D eigenvalue weighted by atomic mass is 9.99. The largest absolute Gasteiger partial charge is 0.478 e. The molecule has 4 nitrogen and oxygen atoms in total. The van der Waals surface area contributed by atoms with Crippen LogP contribution in [0.1, 0.15) is 27.0 Å². The van der Waals surface area contributed by atoms with E-state index in [0.717, 1.165) is 0 Å². The smallest absolute Gasteiger partial charge is 0.337 e. The molecule has 0 bridgehead atoms. The highest BCUT2D eigenvalue weighted by atomic mass is 16.4. The van der Waals surface area contributed by atoms with Crippen LogP contribution in [0.15, 0.2) is 12.1 Å². The van der Waals surface area contributed by atoms with E-state index in [0.29, 0.717) is 11.1 Å². The lowest BCUT2D eigenvalue weighted by Crippen LogP contribution is -2.03. The summed E-state index contributed by atoms with van der Waals surface area (Å²) >= 11 is 0. The number of benzene rings is 1. The molecule has 1 aromatic rings. The molecule has 0 saturated carbocycles. The van der Waals surface area contributed by atoms with Gasteiger partial charge in [-0.05, 0) is 24.1 Å². The molecule has 0 spiro atoms. The number of nitriles is 1. The second kappa shape index (κ2) is 3.90. The van der Waals surface area contributed by atoms with Gasteiger partial charge in [0.05, 0.1) is 17.7 Å². The van der Waals surface area contributed by atoms with Crippen LogP contribution < -0.4 is 0 Å². The van der Waals surface area contributed by atoms with Crippen molar-refractivity contribution in [2.24, 2.45) is 0 Å². The van der Waals surface area contributed by atoms with Crippen molar-refractivity contribution in [2.75, 3.05) is 0 Å². The van der Waals surface area contributed by atoms with E-state index in [-0.39, 0.29) is 17.7 Å². The third-order valence-corrected chi connectivity index (χ3v) is 1.92. The van der Waals surface area contributed by atoms with Crippen LogP contribution in [0.25, 0.3) is 0 Å². The van der Waals surface area contributed by atoms with E-state index < -0.39 is 5.97 Å². The van der Waals surface area contributed by atoms with Gasteiger partial charge in [-0.25, -0.2) is 4.79 Å². The van der Waals surface area contributed by atoms with Gasteiger partial charge in [0, 0.05) is 0 Å². The molecule has 0 heterocycles. The van der Waals surface area contributed by atoms with Crippen LogP contribution in [0.3, 0.4) is 0 Å². The molecular formula is C10H9NO3. The molecule has 1 rings (SSSR count). The Kier molecular flexibility index (Phi) is 2.85. The van der Waals surface area contributed by atoms with E-state index in [9.17, 15) is 4.79 Å². The summed E-state index contributed by atoms with van der Waals surface area (Å²) in [6, 6.07) is 4.75. The van der Waals surface area contributed by atoms with Gasteiger partial charge in [-0.15, -0.1) is 0 Å². The van der Waals surface area contributed by atoms with E-state index in [2.05, 4.69) is 0 Å². The second-order valence-electron chi connectivity index (χ2n) is 2.91. The molecule has 0 amide bonds. The lowest BCUT2D eigenvalue weighted by Gasteiger charge is -2.05. The number of aryl methyl sites for hydroxylation is 1. The van der Waals surface area contributed by atoms with Gasteiger partial charge in [-0.3, -0.25) is 0 Å². The Hall–Kier alpha value is -1.86. The fraction of sp³-hybridized carbons (Fsp3) is 0.200. The third-order valence-electron chi connectivity index (χ3n) is 1.92. The molecule has 1 aromatic carbocycles. The molecule has 14 heavy (non-hydrogen) atoms. The van der Waals surface area contributed by atoms with Crippen molar-refractivity contribution in [3.05, 3.63) is 34.4 Å². The molecule has 0 aliphatic carbocycles. The van der Waals surface area contributed by atoms with Crippen LogP contribution in [0.4, 0.5) is 0 Å². The number of nitrogens with zero attached hydrogens (tertiary/aromatic N) is 1. The second-order valence-corrected chi connectivity index (χ2v) is 2.91. The summed E-state index contributed by atoms with van der Waals surface area (Å²) in [7, 11) is 0. The first-order valence-corrected chi connectivity index (χ1v) is 3.98. The van der Waals surface area contributed by atoms with Gasteiger partial charge in [-0.2, -0.15) is 5.26 Å². The fourth-order valence-corrected chi connectivity index (χ4v) is 1.27. The normalized spacial score (nSPS) is 9.50. The Bertz CT molecular complexity index is 418. The van der Waals surface area contributed by atoms with E-state index in [1.807, 2.05) is 6.07 Å². The highest BCUT2D eigenvalue weighted by Gasteiger charge is 2.13. The van der Waals surface area contributed by atoms with Crippen LogP contribution in [0, 0.1) is 18.3 Å². The first-order chi connectivity index (χ1) is 6.60. The molecule has 0 aliphatic rings. The average molecular weight is 191 g/mol. The number of aliphatic hydroxyl groups excluding tert-OH is 1. The van der Waals surface area contributed by atoms with Crippen molar-refractivity contribution in [3.8, 4) is 6.07 Å². The summed E-state index contributed by atoms with van der Waals surface area (Å²) in [5.74, 6) is -1.15. The summed E-state index contributed by atoms with van der Waals surface area (Å²) in [4.78, 5) is 10.8. The third kappa shape index (κ3) is 1.73. The molecule has 0 aromatic heterocycles. The maximum Gasteiger partial charge on any atom is 0.337 e. The Morgan fingerprint density at radius 3 is 2.64 bits per heavy atom. The summed E-state index contributed by atoms with van der Waals surface area (Å²) in [5.41, 5.74) is 1.15. The number of aliphatic hydroxyl groups is 1. The molecular weight excluding hydrogens is 182 g/mol. The number of rotatable bonds is 2. The molecule has 0 saturated heterocycles. The number of carboxylic acid groups (broad SMARTS) is 1. The lowest BCUT2D eigenvalue weighted by molar-refractivity contribution is 0.0696. The minimum absolute atomic E-state index is 0.0587. The van der Waals surface area contributed by atoms with Gasteiger partial charge in [0.2, 0.25) is 0 Å². The number of hydrogen-bond donors (Lipinski definition) is 2. The van der Waals surface area contributed by atoms with Gasteiger partial charge in [-0.1, -0.05) is 6.07 Å². The molecule has 0 radical (unpaired) electrons. The molecule has 72 valence electrons. The Morgan fingerprint density at radius 2 is 2.21 bits per heavy atom. The van der Waals surface area contributed by atoms with Gasteiger partial charge in [0.15, 0.2) is 0 Å². The number of aromatic carboxylic acids is 1. The van der Waals surface area contributed by atoms with E-state index in [1.54, 1.807) is 13.0 Å². The summed E-state index contributed by atoms with van der Waals surface area (Å²) in [6.45, 7) is 1.41. The Balaban J connectivity index is 3.45. The van der Waals surface area contributed by atoms with Crippen LogP contribution in [-0.4, -0.2) is 16.2 Å². The van der Waals surface area contributed by atoms with Crippen LogP contribution in [0.2, 0.25) is 0 Å². The van der Waals surface area contributed by atoms with E-state index in [4.69, 9.17) is 15.5 Å². The maximum atomic E-state index is 10.8. The summed E-state index contributed by atoms with van der Waals surface area (Å²) in [5, 5.41) is 26.4. The number of carboxylic acids is 1. The van der Waals surface area contributed by atoms with Crippen LogP contribution >= 0.6 is 0 Å². The zero-order valence-corrected chi connectivity index (χ0v) is 7.61. The Morgan fingerprint density at radius 1 is 1.57 bits per heavy atom. The fourth-order valence-electron chi connectivity index (χ4n) is 1.27. The first kappa shape index (κ1) is 10.2. The van der Waals surface area contributed by atoms with Gasteiger partial charge >= 0.3 is 5.97 Å². The number of carbonyl (C=O) groups is 1. The predicted octanol–water partition coefficient (Wildman–Crippen LogP) is 1.06. The van der Waals surface area contributed by atoms with Crippen molar-refractivity contribution in [3.63, 3.8) is 0 Å². The van der Waals surface area contributed by atoms with Crippen molar-refractivity contribution in [2.45, 2.75) is 13.5 Å². The van der Waals surface area contributed by atoms with Crippen molar-refractivity contribution >= 4 is 5.97 Å². The predicted molar refractivity (Wildman–Crippen MR) is 48.8 cm³/mol. The molecule has 4 heteroatoms. The summed E-state index contributed by atoms with van der Waals surface area (Å²) < 4.78 is 0. The minimum atomic E-state index is -1.15. The van der Waals surface area contributed by atoms with Gasteiger partial charge in [0.25, 0.3) is 0 Å². The van der Waals surface area contributed by atoms with Gasteiger partial charge in [0.1, 0.15) is 6.07 Å². The minimum Gasteiger partial charge on any atom is -0.478 e. The quantitative estimate of drug-likeness (QED) is 0.732. The maximum absolute atomic E-state index is 10.8. The van der Waals surface area contributed by atoms with Crippen molar-refractivity contribution in [1.29, 1.82) is 5.26 Å². The molecule has 0 aliphatic heterocycles. The summed E-state index contributed by atoms with van der Waals surface area (Å²) in [6.07, 6.45) is 0. The average Bonchev–Trinajstić information content (AvgIpc) is 2.16. The topological polar surface area (TPSA) is 81.3 Å². The van der Waals surface area contributed by atoms with Gasteiger partial charge < -0.3 is 10.2 Å². The first-order valence-electron chi connectivity index (χ1n) is 3.98. The molecule has 0 unspecified atom stereocenters. The van der Waals surface area contributed by atoms with Crippen molar-refractivity contribution in [1.82, 2.24) is 0 Å². The zero-order chi connectivity index (χ0) is 10.7. The Labute approximate surface area is 81.0 Å². The molecule has 0 fully saturated rings. The standard InChI is InChI=1S/C10H9NO3/c1-6-2-7(5-12)3-8(10(13)14)9(6)4-11/h2-3,12H,5H2,1H3,(H,13,14). The zero-order valence-electron chi connectivity index (χ0n) is 7.61. The highest BCUT2D eigenvalue weighted by molar-refractivity contribution is 5.91.